The van der Waals surface area contributed by atoms with E-state index in [1.165, 1.54) is 0 Å². The van der Waals surface area contributed by atoms with Crippen molar-refractivity contribution in [3.63, 3.8) is 0 Å². The summed E-state index contributed by atoms with van der Waals surface area (Å²) < 4.78 is 1.70. The summed E-state index contributed by atoms with van der Waals surface area (Å²) >= 11 is 5.86. The quantitative estimate of drug-likeness (QED) is 0.852. The number of nitriles is 1. The summed E-state index contributed by atoms with van der Waals surface area (Å²) in [6.07, 6.45) is 0.762. The van der Waals surface area contributed by atoms with Crippen LogP contribution in [0.25, 0.3) is 5.69 Å². The SMILES string of the molecule is CC(C)Cc1c(C#N)nnn1-c1ccc(Cl)cc1. The highest BCUT2D eigenvalue weighted by Crippen LogP contribution is 2.18. The Balaban J connectivity index is 2.47. The maximum Gasteiger partial charge on any atom is 0.186 e. The molecule has 18 heavy (non-hydrogen) atoms. The van der Waals surface area contributed by atoms with Gasteiger partial charge >= 0.3 is 0 Å². The van der Waals surface area contributed by atoms with Crippen LogP contribution in [0.4, 0.5) is 0 Å². The van der Waals surface area contributed by atoms with Crippen LogP contribution in [0.5, 0.6) is 0 Å². The van der Waals surface area contributed by atoms with Crippen LogP contribution < -0.4 is 0 Å². The van der Waals surface area contributed by atoms with Crippen LogP contribution in [0, 0.1) is 17.2 Å². The lowest BCUT2D eigenvalue weighted by Gasteiger charge is -2.08. The maximum atomic E-state index is 9.05. The summed E-state index contributed by atoms with van der Waals surface area (Å²) in [5.41, 5.74) is 2.09. The summed E-state index contributed by atoms with van der Waals surface area (Å²) in [5.74, 6) is 0.432. The zero-order chi connectivity index (χ0) is 13.1. The number of nitrogens with zero attached hydrogens (tertiary/aromatic N) is 4. The number of benzene rings is 1. The number of aromatic nitrogens is 3. The van der Waals surface area contributed by atoms with E-state index in [1.807, 2.05) is 12.1 Å². The molecule has 0 aliphatic heterocycles. The summed E-state index contributed by atoms with van der Waals surface area (Å²) in [6.45, 7) is 4.20. The minimum atomic E-state index is 0.388. The lowest BCUT2D eigenvalue weighted by molar-refractivity contribution is 0.613. The Hall–Kier alpha value is -1.86. The average molecular weight is 261 g/mol. The minimum Gasteiger partial charge on any atom is -0.216 e. The summed E-state index contributed by atoms with van der Waals surface area (Å²) in [4.78, 5) is 0. The highest BCUT2D eigenvalue weighted by Gasteiger charge is 2.15. The van der Waals surface area contributed by atoms with E-state index in [0.29, 0.717) is 16.6 Å². The first-order chi connectivity index (χ1) is 8.61. The second-order valence-electron chi connectivity index (χ2n) is 4.48. The van der Waals surface area contributed by atoms with Crippen molar-refractivity contribution in [3.05, 3.63) is 40.7 Å². The van der Waals surface area contributed by atoms with Gasteiger partial charge in [0, 0.05) is 5.02 Å². The van der Waals surface area contributed by atoms with E-state index in [-0.39, 0.29) is 0 Å². The van der Waals surface area contributed by atoms with Crippen molar-refractivity contribution in [1.82, 2.24) is 15.0 Å². The molecule has 1 heterocycles. The topological polar surface area (TPSA) is 54.5 Å². The van der Waals surface area contributed by atoms with E-state index < -0.39 is 0 Å². The molecule has 5 heteroatoms. The van der Waals surface area contributed by atoms with Crippen LogP contribution in [-0.2, 0) is 6.42 Å². The van der Waals surface area contributed by atoms with E-state index in [1.54, 1.807) is 16.8 Å². The number of hydrogen-bond donors (Lipinski definition) is 0. The second-order valence-corrected chi connectivity index (χ2v) is 4.92. The van der Waals surface area contributed by atoms with Crippen molar-refractivity contribution in [3.8, 4) is 11.8 Å². The Bertz CT molecular complexity index is 578. The number of hydrogen-bond acceptors (Lipinski definition) is 3. The van der Waals surface area contributed by atoms with Gasteiger partial charge in [-0.15, -0.1) is 5.10 Å². The van der Waals surface area contributed by atoms with E-state index >= 15 is 0 Å². The zero-order valence-corrected chi connectivity index (χ0v) is 11.0. The minimum absolute atomic E-state index is 0.388. The van der Waals surface area contributed by atoms with Crippen LogP contribution in [0.2, 0.25) is 5.02 Å². The molecule has 0 spiro atoms. The summed E-state index contributed by atoms with van der Waals surface area (Å²) in [6, 6.07) is 9.40. The van der Waals surface area contributed by atoms with Gasteiger partial charge in [-0.1, -0.05) is 30.7 Å². The smallest absolute Gasteiger partial charge is 0.186 e. The monoisotopic (exact) mass is 260 g/mol. The molecule has 92 valence electrons. The van der Waals surface area contributed by atoms with Gasteiger partial charge in [-0.3, -0.25) is 0 Å². The van der Waals surface area contributed by atoms with Crippen LogP contribution in [0.1, 0.15) is 25.2 Å². The molecule has 0 unspecified atom stereocenters. The van der Waals surface area contributed by atoms with Crippen molar-refractivity contribution >= 4 is 11.6 Å². The van der Waals surface area contributed by atoms with Gasteiger partial charge in [-0.2, -0.15) is 5.26 Å². The second kappa shape index (κ2) is 5.19. The lowest BCUT2D eigenvalue weighted by atomic mass is 10.1. The molecule has 0 aliphatic carbocycles. The molecule has 2 aromatic rings. The Morgan fingerprint density at radius 1 is 1.33 bits per heavy atom. The molecular formula is C13H13ClN4. The van der Waals surface area contributed by atoms with Crippen molar-refractivity contribution in [2.75, 3.05) is 0 Å². The molecule has 0 fully saturated rings. The van der Waals surface area contributed by atoms with Gasteiger partial charge in [0.2, 0.25) is 0 Å². The van der Waals surface area contributed by atoms with Gasteiger partial charge in [0.05, 0.1) is 11.4 Å². The molecule has 0 atom stereocenters. The summed E-state index contributed by atoms with van der Waals surface area (Å²) in [7, 11) is 0. The normalized spacial score (nSPS) is 10.6. The Labute approximate surface area is 111 Å². The predicted octanol–water partition coefficient (Wildman–Crippen LogP) is 2.99. The average Bonchev–Trinajstić information content (AvgIpc) is 2.72. The molecule has 0 saturated carbocycles. The molecule has 0 amide bonds. The first-order valence-corrected chi connectivity index (χ1v) is 6.10. The third-order valence-electron chi connectivity index (χ3n) is 2.54. The van der Waals surface area contributed by atoms with Gasteiger partial charge in [0.1, 0.15) is 6.07 Å². The van der Waals surface area contributed by atoms with Gasteiger partial charge in [-0.05, 0) is 36.6 Å². The molecule has 0 N–H and O–H groups in total. The van der Waals surface area contributed by atoms with Crippen LogP contribution in [0.3, 0.4) is 0 Å². The fourth-order valence-electron chi connectivity index (χ4n) is 1.75. The maximum absolute atomic E-state index is 9.05. The highest BCUT2D eigenvalue weighted by molar-refractivity contribution is 6.30. The Morgan fingerprint density at radius 3 is 2.56 bits per heavy atom. The summed E-state index contributed by atoms with van der Waals surface area (Å²) in [5, 5.41) is 17.7. The molecule has 0 saturated heterocycles. The number of halogens is 1. The number of rotatable bonds is 3. The van der Waals surface area contributed by atoms with Crippen LogP contribution in [0.15, 0.2) is 24.3 Å². The van der Waals surface area contributed by atoms with Crippen molar-refractivity contribution in [2.24, 2.45) is 5.92 Å². The fraction of sp³-hybridized carbons (Fsp3) is 0.308. The molecule has 2 rings (SSSR count). The van der Waals surface area contributed by atoms with E-state index in [0.717, 1.165) is 17.8 Å². The third-order valence-corrected chi connectivity index (χ3v) is 2.79. The van der Waals surface area contributed by atoms with E-state index in [9.17, 15) is 0 Å². The van der Waals surface area contributed by atoms with E-state index in [4.69, 9.17) is 16.9 Å². The standard InChI is InChI=1S/C13H13ClN4/c1-9(2)7-13-12(8-15)16-17-18(13)11-5-3-10(14)4-6-11/h3-6,9H,7H2,1-2H3. The molecule has 0 aliphatic rings. The van der Waals surface area contributed by atoms with Crippen molar-refractivity contribution in [1.29, 1.82) is 5.26 Å². The molecule has 4 nitrogen and oxygen atoms in total. The molecule has 0 radical (unpaired) electrons. The first kappa shape index (κ1) is 12.6. The van der Waals surface area contributed by atoms with Crippen LogP contribution in [-0.4, -0.2) is 15.0 Å². The Morgan fingerprint density at radius 2 is 2.00 bits per heavy atom. The van der Waals surface area contributed by atoms with Gasteiger partial charge < -0.3 is 0 Å². The molecule has 1 aromatic heterocycles. The van der Waals surface area contributed by atoms with Crippen LogP contribution >= 0.6 is 11.6 Å². The van der Waals surface area contributed by atoms with Gasteiger partial charge in [-0.25, -0.2) is 4.68 Å². The molecular weight excluding hydrogens is 248 g/mol. The predicted molar refractivity (Wildman–Crippen MR) is 69.6 cm³/mol. The van der Waals surface area contributed by atoms with E-state index in [2.05, 4.69) is 30.2 Å². The highest BCUT2D eigenvalue weighted by atomic mass is 35.5. The Kier molecular flexibility index (Phi) is 3.63. The van der Waals surface area contributed by atoms with Crippen molar-refractivity contribution in [2.45, 2.75) is 20.3 Å². The molecule has 1 aromatic carbocycles. The van der Waals surface area contributed by atoms with Gasteiger partial charge in [0.15, 0.2) is 5.69 Å². The zero-order valence-electron chi connectivity index (χ0n) is 10.3. The largest absolute Gasteiger partial charge is 0.216 e. The van der Waals surface area contributed by atoms with Gasteiger partial charge in [0.25, 0.3) is 0 Å². The fourth-order valence-corrected chi connectivity index (χ4v) is 1.87. The third kappa shape index (κ3) is 2.52. The van der Waals surface area contributed by atoms with Crippen molar-refractivity contribution < 1.29 is 0 Å². The molecule has 0 bridgehead atoms. The lowest BCUT2D eigenvalue weighted by Crippen LogP contribution is -2.06. The first-order valence-electron chi connectivity index (χ1n) is 5.72.